The highest BCUT2D eigenvalue weighted by Crippen LogP contribution is 2.46. The molecule has 1 atom stereocenters. The average Bonchev–Trinajstić information content (AvgIpc) is 2.53. The Kier molecular flexibility index (Phi) is 2.95. The van der Waals surface area contributed by atoms with Gasteiger partial charge in [-0.25, -0.2) is 0 Å². The Morgan fingerprint density at radius 3 is 2.82 bits per heavy atom. The molecule has 2 aliphatic heterocycles. The standard InChI is InChI=1S/C19H20O3/c1-12-11-17-15(13(2)18(12)20)7-9-19(22-17)16-6-4-3-5-14(16)8-10-21-19/h3-6,11,20H,7-10H2,1-2H3. The molecule has 1 unspecified atom stereocenters. The second-order valence-corrected chi connectivity index (χ2v) is 6.25. The van der Waals surface area contributed by atoms with E-state index in [4.69, 9.17) is 9.47 Å². The number of ether oxygens (including phenoxy) is 2. The van der Waals surface area contributed by atoms with Gasteiger partial charge in [0, 0.05) is 17.5 Å². The normalized spacial score (nSPS) is 22.8. The second-order valence-electron chi connectivity index (χ2n) is 6.25. The van der Waals surface area contributed by atoms with Crippen LogP contribution in [-0.4, -0.2) is 11.7 Å². The molecule has 4 rings (SSSR count). The van der Waals surface area contributed by atoms with Crippen LogP contribution in [0.5, 0.6) is 11.5 Å². The lowest BCUT2D eigenvalue weighted by molar-refractivity contribution is -0.209. The fourth-order valence-corrected chi connectivity index (χ4v) is 3.70. The van der Waals surface area contributed by atoms with E-state index in [1.54, 1.807) is 0 Å². The summed E-state index contributed by atoms with van der Waals surface area (Å²) in [4.78, 5) is 0. The molecule has 2 aromatic carbocycles. The number of phenolic OH excluding ortho intramolecular Hbond substituents is 1. The number of phenols is 1. The predicted molar refractivity (Wildman–Crippen MR) is 84.3 cm³/mol. The second kappa shape index (κ2) is 4.75. The Morgan fingerprint density at radius 2 is 1.95 bits per heavy atom. The maximum absolute atomic E-state index is 10.1. The van der Waals surface area contributed by atoms with Crippen molar-refractivity contribution in [1.29, 1.82) is 0 Å². The minimum Gasteiger partial charge on any atom is -0.507 e. The summed E-state index contributed by atoms with van der Waals surface area (Å²) >= 11 is 0. The van der Waals surface area contributed by atoms with Gasteiger partial charge >= 0.3 is 0 Å². The SMILES string of the molecule is Cc1cc2c(c(C)c1O)CCC1(OCCc3ccccc31)O2. The number of hydrogen-bond acceptors (Lipinski definition) is 3. The van der Waals surface area contributed by atoms with Crippen molar-refractivity contribution < 1.29 is 14.6 Å². The third kappa shape index (κ3) is 1.85. The highest BCUT2D eigenvalue weighted by Gasteiger charge is 2.43. The maximum Gasteiger partial charge on any atom is 0.237 e. The molecule has 0 bridgehead atoms. The summed E-state index contributed by atoms with van der Waals surface area (Å²) in [7, 11) is 0. The van der Waals surface area contributed by atoms with E-state index in [-0.39, 0.29) is 0 Å². The zero-order chi connectivity index (χ0) is 15.3. The number of hydrogen-bond donors (Lipinski definition) is 1. The largest absolute Gasteiger partial charge is 0.507 e. The van der Waals surface area contributed by atoms with Crippen LogP contribution in [0, 0.1) is 13.8 Å². The van der Waals surface area contributed by atoms with Crippen LogP contribution < -0.4 is 4.74 Å². The summed E-state index contributed by atoms with van der Waals surface area (Å²) in [5.41, 5.74) is 5.33. The molecule has 0 radical (unpaired) electrons. The summed E-state index contributed by atoms with van der Waals surface area (Å²) in [6.45, 7) is 4.55. The number of aryl methyl sites for hydroxylation is 1. The molecule has 0 saturated carbocycles. The minimum absolute atomic E-state index is 0.378. The molecule has 0 amide bonds. The van der Waals surface area contributed by atoms with Gasteiger partial charge in [-0.05, 0) is 49.4 Å². The lowest BCUT2D eigenvalue weighted by Gasteiger charge is -2.42. The van der Waals surface area contributed by atoms with Gasteiger partial charge in [0.25, 0.3) is 0 Å². The predicted octanol–water partition coefficient (Wildman–Crippen LogP) is 3.76. The van der Waals surface area contributed by atoms with Gasteiger partial charge in [0.05, 0.1) is 6.61 Å². The van der Waals surface area contributed by atoms with E-state index >= 15 is 0 Å². The number of aromatic hydroxyl groups is 1. The molecule has 22 heavy (non-hydrogen) atoms. The Morgan fingerprint density at radius 1 is 1.14 bits per heavy atom. The summed E-state index contributed by atoms with van der Waals surface area (Å²) in [5.74, 6) is 0.552. The summed E-state index contributed by atoms with van der Waals surface area (Å²) in [6, 6.07) is 10.3. The topological polar surface area (TPSA) is 38.7 Å². The Bertz CT molecular complexity index is 751. The highest BCUT2D eigenvalue weighted by molar-refractivity contribution is 5.53. The van der Waals surface area contributed by atoms with Crippen LogP contribution in [0.3, 0.4) is 0 Å². The maximum atomic E-state index is 10.1. The molecule has 2 heterocycles. The molecule has 0 aliphatic carbocycles. The molecule has 3 heteroatoms. The van der Waals surface area contributed by atoms with E-state index in [9.17, 15) is 5.11 Å². The number of benzene rings is 2. The van der Waals surface area contributed by atoms with Crippen molar-refractivity contribution in [3.05, 3.63) is 58.1 Å². The van der Waals surface area contributed by atoms with E-state index in [1.807, 2.05) is 26.0 Å². The number of rotatable bonds is 0. The Labute approximate surface area is 130 Å². The quantitative estimate of drug-likeness (QED) is 0.804. The fraction of sp³-hybridized carbons (Fsp3) is 0.368. The van der Waals surface area contributed by atoms with Gasteiger partial charge in [-0.3, -0.25) is 0 Å². The van der Waals surface area contributed by atoms with E-state index < -0.39 is 5.79 Å². The molecule has 2 aliphatic rings. The average molecular weight is 296 g/mol. The first-order valence-electron chi connectivity index (χ1n) is 7.84. The highest BCUT2D eigenvalue weighted by atomic mass is 16.7. The minimum atomic E-state index is -0.669. The Hall–Kier alpha value is -2.00. The van der Waals surface area contributed by atoms with Crippen LogP contribution in [0.1, 0.15) is 34.2 Å². The van der Waals surface area contributed by atoms with Crippen molar-refractivity contribution in [2.24, 2.45) is 0 Å². The van der Waals surface area contributed by atoms with Crippen LogP contribution in [-0.2, 0) is 23.4 Å². The molecule has 0 fully saturated rings. The first kappa shape index (κ1) is 13.6. The van der Waals surface area contributed by atoms with E-state index in [0.717, 1.165) is 47.3 Å². The molecular weight excluding hydrogens is 276 g/mol. The monoisotopic (exact) mass is 296 g/mol. The Balaban J connectivity index is 1.83. The van der Waals surface area contributed by atoms with Crippen LogP contribution in [0.4, 0.5) is 0 Å². The zero-order valence-electron chi connectivity index (χ0n) is 13.0. The van der Waals surface area contributed by atoms with Gasteiger partial charge in [-0.15, -0.1) is 0 Å². The summed E-state index contributed by atoms with van der Waals surface area (Å²) in [6.07, 6.45) is 2.56. The van der Waals surface area contributed by atoms with Crippen LogP contribution in [0.2, 0.25) is 0 Å². The van der Waals surface area contributed by atoms with E-state index in [1.165, 1.54) is 5.56 Å². The number of fused-ring (bicyclic) bond motifs is 3. The molecular formula is C19H20O3. The van der Waals surface area contributed by atoms with Crippen LogP contribution in [0.15, 0.2) is 30.3 Å². The van der Waals surface area contributed by atoms with Gasteiger partial charge in [0.1, 0.15) is 11.5 Å². The van der Waals surface area contributed by atoms with Gasteiger partial charge in [0.15, 0.2) is 0 Å². The van der Waals surface area contributed by atoms with E-state index in [2.05, 4.69) is 18.2 Å². The van der Waals surface area contributed by atoms with Crippen molar-refractivity contribution in [3.8, 4) is 11.5 Å². The first-order chi connectivity index (χ1) is 10.6. The molecule has 1 N–H and O–H groups in total. The third-order valence-electron chi connectivity index (χ3n) is 4.94. The smallest absolute Gasteiger partial charge is 0.237 e. The van der Waals surface area contributed by atoms with Crippen molar-refractivity contribution >= 4 is 0 Å². The molecule has 0 saturated heterocycles. The first-order valence-corrected chi connectivity index (χ1v) is 7.84. The van der Waals surface area contributed by atoms with Gasteiger partial charge in [-0.1, -0.05) is 24.3 Å². The van der Waals surface area contributed by atoms with Gasteiger partial charge < -0.3 is 14.6 Å². The van der Waals surface area contributed by atoms with Gasteiger partial charge in [0.2, 0.25) is 5.79 Å². The molecule has 114 valence electrons. The van der Waals surface area contributed by atoms with Crippen LogP contribution in [0.25, 0.3) is 0 Å². The fourth-order valence-electron chi connectivity index (χ4n) is 3.70. The van der Waals surface area contributed by atoms with Crippen molar-refractivity contribution in [2.45, 2.75) is 38.9 Å². The summed E-state index contributed by atoms with van der Waals surface area (Å²) < 4.78 is 12.5. The van der Waals surface area contributed by atoms with Gasteiger partial charge in [-0.2, -0.15) is 0 Å². The molecule has 2 aromatic rings. The zero-order valence-corrected chi connectivity index (χ0v) is 13.0. The molecule has 1 spiro atoms. The van der Waals surface area contributed by atoms with Crippen molar-refractivity contribution in [3.63, 3.8) is 0 Å². The van der Waals surface area contributed by atoms with E-state index in [0.29, 0.717) is 12.4 Å². The summed E-state index contributed by atoms with van der Waals surface area (Å²) in [5, 5.41) is 10.1. The molecule has 3 nitrogen and oxygen atoms in total. The van der Waals surface area contributed by atoms with Crippen LogP contribution >= 0.6 is 0 Å². The lowest BCUT2D eigenvalue weighted by atomic mass is 9.86. The molecule has 0 aromatic heterocycles. The van der Waals surface area contributed by atoms with Crippen molar-refractivity contribution in [2.75, 3.05) is 6.61 Å². The lowest BCUT2D eigenvalue weighted by Crippen LogP contribution is -2.43. The third-order valence-corrected chi connectivity index (χ3v) is 4.94. The van der Waals surface area contributed by atoms with Crippen molar-refractivity contribution in [1.82, 2.24) is 0 Å².